The first-order valence-corrected chi connectivity index (χ1v) is 13.3. The lowest BCUT2D eigenvalue weighted by Crippen LogP contribution is -2.26. The first-order chi connectivity index (χ1) is 17.9. The number of aromatic hydroxyl groups is 1. The molecular weight excluding hydrogens is 465 g/mol. The molecule has 37 heavy (non-hydrogen) atoms. The van der Waals surface area contributed by atoms with Gasteiger partial charge in [0.1, 0.15) is 23.4 Å². The van der Waals surface area contributed by atoms with E-state index in [2.05, 4.69) is 49.1 Å². The maximum Gasteiger partial charge on any atom is 0.133 e. The van der Waals surface area contributed by atoms with E-state index in [0.717, 1.165) is 66.2 Å². The van der Waals surface area contributed by atoms with Crippen LogP contribution < -0.4 is 9.47 Å². The third kappa shape index (κ3) is 5.37. The van der Waals surface area contributed by atoms with Gasteiger partial charge in [-0.2, -0.15) is 0 Å². The molecule has 0 radical (unpaired) electrons. The van der Waals surface area contributed by atoms with Crippen molar-refractivity contribution in [1.29, 1.82) is 0 Å². The second-order valence-electron chi connectivity index (χ2n) is 10.3. The lowest BCUT2D eigenvalue weighted by Gasteiger charge is -2.19. The minimum Gasteiger partial charge on any atom is -0.508 e. The average molecular weight is 502 g/mol. The Morgan fingerprint density at radius 1 is 1.03 bits per heavy atom. The Balaban J connectivity index is 1.51. The molecule has 0 bridgehead atoms. The number of aryl methyl sites for hydroxylation is 2. The number of phenols is 1. The van der Waals surface area contributed by atoms with E-state index < -0.39 is 0 Å². The van der Waals surface area contributed by atoms with Gasteiger partial charge in [0, 0.05) is 37.2 Å². The third-order valence-electron chi connectivity index (χ3n) is 7.54. The monoisotopic (exact) mass is 501 g/mol. The first kappa shape index (κ1) is 25.3. The van der Waals surface area contributed by atoms with E-state index in [1.165, 1.54) is 22.3 Å². The zero-order chi connectivity index (χ0) is 25.9. The fourth-order valence-electron chi connectivity index (χ4n) is 5.63. The first-order valence-electron chi connectivity index (χ1n) is 13.3. The Labute approximate surface area is 219 Å². The average Bonchev–Trinajstić information content (AvgIpc) is 3.24. The predicted octanol–water partition coefficient (Wildman–Crippen LogP) is 6.87. The summed E-state index contributed by atoms with van der Waals surface area (Å²) in [6, 6.07) is 18.7. The number of likely N-dealkylation sites (tertiary alicyclic amines) is 1. The van der Waals surface area contributed by atoms with Gasteiger partial charge in [0.2, 0.25) is 0 Å². The summed E-state index contributed by atoms with van der Waals surface area (Å²) in [6.07, 6.45) is 2.45. The zero-order valence-electron chi connectivity index (χ0n) is 22.0. The third-order valence-corrected chi connectivity index (χ3v) is 7.54. The molecule has 2 aliphatic heterocycles. The molecule has 0 aliphatic carbocycles. The van der Waals surface area contributed by atoms with E-state index in [9.17, 15) is 9.50 Å². The molecule has 0 aromatic heterocycles. The van der Waals surface area contributed by atoms with E-state index in [0.29, 0.717) is 13.0 Å². The lowest BCUT2D eigenvalue weighted by molar-refractivity contribution is 0.198. The van der Waals surface area contributed by atoms with E-state index in [4.69, 9.17) is 9.47 Å². The van der Waals surface area contributed by atoms with Crippen LogP contribution in [0.5, 0.6) is 17.2 Å². The van der Waals surface area contributed by atoms with Gasteiger partial charge in [-0.05, 0) is 85.7 Å². The van der Waals surface area contributed by atoms with Crippen molar-refractivity contribution in [2.24, 2.45) is 0 Å². The molecule has 2 aliphatic rings. The topological polar surface area (TPSA) is 41.9 Å². The van der Waals surface area contributed by atoms with E-state index in [-0.39, 0.29) is 18.5 Å². The zero-order valence-corrected chi connectivity index (χ0v) is 22.0. The molecule has 3 aromatic carbocycles. The molecule has 3 aromatic rings. The van der Waals surface area contributed by atoms with Gasteiger partial charge in [-0.3, -0.25) is 9.29 Å². The number of halogens is 1. The number of alkyl halides is 1. The molecule has 5 rings (SSSR count). The quantitative estimate of drug-likeness (QED) is 0.384. The van der Waals surface area contributed by atoms with Crippen molar-refractivity contribution in [1.82, 2.24) is 4.90 Å². The summed E-state index contributed by atoms with van der Waals surface area (Å²) in [6.45, 7) is 9.06. The number of fused-ring (bicyclic) bond motifs is 1. The largest absolute Gasteiger partial charge is 0.508 e. The highest BCUT2D eigenvalue weighted by Gasteiger charge is 2.26. The summed E-state index contributed by atoms with van der Waals surface area (Å²) in [7, 11) is 0. The summed E-state index contributed by atoms with van der Waals surface area (Å²) >= 11 is 0. The fourth-order valence-corrected chi connectivity index (χ4v) is 5.63. The van der Waals surface area contributed by atoms with Crippen molar-refractivity contribution in [3.8, 4) is 17.2 Å². The van der Waals surface area contributed by atoms with E-state index >= 15 is 0 Å². The van der Waals surface area contributed by atoms with Gasteiger partial charge in [-0.1, -0.05) is 35.9 Å². The van der Waals surface area contributed by atoms with Crippen molar-refractivity contribution in [3.05, 3.63) is 88.0 Å². The van der Waals surface area contributed by atoms with Crippen LogP contribution in [0, 0.1) is 20.8 Å². The second kappa shape index (κ2) is 11.0. The highest BCUT2D eigenvalue weighted by atomic mass is 19.1. The van der Waals surface area contributed by atoms with Gasteiger partial charge in [-0.15, -0.1) is 0 Å². The van der Waals surface area contributed by atoms with Gasteiger partial charge < -0.3 is 14.6 Å². The molecular formula is C32H36FNO3. The van der Waals surface area contributed by atoms with Crippen molar-refractivity contribution in [3.63, 3.8) is 0 Å². The molecule has 194 valence electrons. The van der Waals surface area contributed by atoms with Gasteiger partial charge in [0.15, 0.2) is 0 Å². The van der Waals surface area contributed by atoms with Gasteiger partial charge in [0.25, 0.3) is 0 Å². The molecule has 1 saturated heterocycles. The molecule has 2 heterocycles. The number of benzene rings is 3. The molecule has 0 amide bonds. The van der Waals surface area contributed by atoms with Gasteiger partial charge in [0.05, 0.1) is 13.3 Å². The summed E-state index contributed by atoms with van der Waals surface area (Å²) in [5.41, 5.74) is 8.93. The minimum atomic E-state index is -0.267. The number of nitrogens with zero attached hydrogens (tertiary/aromatic N) is 1. The van der Waals surface area contributed by atoms with Crippen LogP contribution in [0.2, 0.25) is 0 Å². The molecule has 0 saturated carbocycles. The van der Waals surface area contributed by atoms with Crippen molar-refractivity contribution < 1.29 is 19.0 Å². The Kier molecular flexibility index (Phi) is 7.52. The summed E-state index contributed by atoms with van der Waals surface area (Å²) in [5, 5.41) is 10.4. The Hall–Kier alpha value is -3.31. The lowest BCUT2D eigenvalue weighted by atomic mass is 9.86. The van der Waals surface area contributed by atoms with Crippen LogP contribution in [0.1, 0.15) is 52.6 Å². The second-order valence-corrected chi connectivity index (χ2v) is 10.3. The van der Waals surface area contributed by atoms with Gasteiger partial charge >= 0.3 is 0 Å². The van der Waals surface area contributed by atoms with Crippen LogP contribution in [-0.2, 0) is 0 Å². The van der Waals surface area contributed by atoms with Crippen LogP contribution in [0.25, 0.3) is 11.1 Å². The molecule has 4 nitrogen and oxygen atoms in total. The number of hydrogen-bond donors (Lipinski definition) is 1. The number of phenolic OH excluding ortho intramolecular Hbond substituents is 1. The number of hydrogen-bond acceptors (Lipinski definition) is 4. The van der Waals surface area contributed by atoms with Crippen LogP contribution in [0.15, 0.2) is 54.6 Å². The molecule has 1 atom stereocenters. The summed E-state index contributed by atoms with van der Waals surface area (Å²) in [5.74, 6) is 1.84. The van der Waals surface area contributed by atoms with Crippen molar-refractivity contribution in [2.75, 3.05) is 32.9 Å². The maximum absolute atomic E-state index is 12.5. The summed E-state index contributed by atoms with van der Waals surface area (Å²) in [4.78, 5) is 2.28. The van der Waals surface area contributed by atoms with Crippen molar-refractivity contribution >= 4 is 11.1 Å². The standard InChI is InChI=1S/C32H36FNO3/c1-21-5-10-27(22(2)19-21)28-14-18-36-32-23(3)30(35)12-11-29(32)31(28)24-6-8-25(9-7-24)37-26-13-17-34(20-26)16-4-15-33/h5-12,19,26,35H,4,13-18,20H2,1-3H3/t26-/m0/s1. The SMILES string of the molecule is Cc1ccc(C2=C(c3ccc(O[C@H]4CCN(CCCF)C4)cc3)c3ccc(O)c(C)c3OCC2)c(C)c1. The van der Waals surface area contributed by atoms with Crippen LogP contribution >= 0.6 is 0 Å². The smallest absolute Gasteiger partial charge is 0.133 e. The molecule has 5 heteroatoms. The molecule has 1 N–H and O–H groups in total. The number of rotatable bonds is 7. The minimum absolute atomic E-state index is 0.132. The normalized spacial score (nSPS) is 17.9. The maximum atomic E-state index is 12.5. The van der Waals surface area contributed by atoms with Crippen LogP contribution in [0.3, 0.4) is 0 Å². The molecule has 0 spiro atoms. The Bertz CT molecular complexity index is 1300. The van der Waals surface area contributed by atoms with Gasteiger partial charge in [-0.25, -0.2) is 0 Å². The van der Waals surface area contributed by atoms with Crippen LogP contribution in [0.4, 0.5) is 4.39 Å². The van der Waals surface area contributed by atoms with E-state index in [1.807, 2.05) is 25.1 Å². The molecule has 0 unspecified atom stereocenters. The van der Waals surface area contributed by atoms with E-state index in [1.54, 1.807) is 6.07 Å². The van der Waals surface area contributed by atoms with Crippen LogP contribution in [-0.4, -0.2) is 49.0 Å². The highest BCUT2D eigenvalue weighted by Crippen LogP contribution is 2.45. The summed E-state index contributed by atoms with van der Waals surface area (Å²) < 4.78 is 25.0. The molecule has 1 fully saturated rings. The Morgan fingerprint density at radius 3 is 2.57 bits per heavy atom. The number of ether oxygens (including phenoxy) is 2. The Morgan fingerprint density at radius 2 is 1.81 bits per heavy atom. The highest BCUT2D eigenvalue weighted by molar-refractivity contribution is 6.01. The predicted molar refractivity (Wildman–Crippen MR) is 147 cm³/mol. The van der Waals surface area contributed by atoms with Crippen molar-refractivity contribution in [2.45, 2.75) is 46.1 Å². The fraction of sp³-hybridized carbons (Fsp3) is 0.375.